The molecule has 72 heavy (non-hydrogen) atoms. The van der Waals surface area contributed by atoms with Gasteiger partial charge in [0.15, 0.2) is 0 Å². The molecule has 0 bridgehead atoms. The number of hydrogen-bond donors (Lipinski definition) is 2. The Morgan fingerprint density at radius 1 is 0.347 bits per heavy atom. The van der Waals surface area contributed by atoms with Crippen LogP contribution in [0.25, 0.3) is 65.7 Å². The zero-order valence-electron chi connectivity index (χ0n) is 40.0. The van der Waals surface area contributed by atoms with Gasteiger partial charge in [0.25, 0.3) is 0 Å². The maximum Gasteiger partial charge on any atom is 0.115 e. The summed E-state index contributed by atoms with van der Waals surface area (Å²) in [7, 11) is 0. The van der Waals surface area contributed by atoms with E-state index in [0.29, 0.717) is 0 Å². The van der Waals surface area contributed by atoms with Crippen LogP contribution in [0.5, 0.6) is 0 Å². The molecule has 4 heterocycles. The van der Waals surface area contributed by atoms with Gasteiger partial charge in [-0.25, -0.2) is 10.0 Å². The standard InChI is InChI=1S/C60H54N12/c1(3-5-17-35-69-57-25-15-13-23-49(57)51-37-43(27-33-59(51)69)41-61-71(45-19-9-7-10-20-45)47-29-31-53-55(39-47)65-67-63-53)2-4-6-18-36-70-58-26-16-14-24-50(58)52-38-44(28-34-60(52)70)42-62-72(46-21-11-8-12-22-46)48-30-32-54-56(40-48)66-68-64-54/h7-16,19-34,37-42H,1-6,17-18,35-36H2,(H,63,65,67)(H,64,66,68)/b61-41+,62-42+. The number of hydrazone groups is 2. The van der Waals surface area contributed by atoms with E-state index < -0.39 is 0 Å². The Bertz CT molecular complexity index is 3610. The van der Waals surface area contributed by atoms with Crippen molar-refractivity contribution in [3.05, 3.63) is 193 Å². The number of rotatable bonds is 19. The highest BCUT2D eigenvalue weighted by molar-refractivity contribution is 6.10. The highest BCUT2D eigenvalue weighted by atomic mass is 15.5. The Kier molecular flexibility index (Phi) is 12.4. The number of benzene rings is 8. The molecule has 4 aromatic heterocycles. The van der Waals surface area contributed by atoms with E-state index in [1.165, 1.54) is 82.1 Å². The smallest absolute Gasteiger partial charge is 0.115 e. The average Bonchev–Trinajstić information content (AvgIpc) is 4.24. The fourth-order valence-electron chi connectivity index (χ4n) is 10.3. The summed E-state index contributed by atoms with van der Waals surface area (Å²) >= 11 is 0. The van der Waals surface area contributed by atoms with Crippen molar-refractivity contribution in [1.29, 1.82) is 0 Å². The van der Waals surface area contributed by atoms with Gasteiger partial charge >= 0.3 is 0 Å². The molecule has 0 fully saturated rings. The Balaban J connectivity index is 0.651. The molecule has 0 aliphatic carbocycles. The fraction of sp³-hybridized carbons (Fsp3) is 0.167. The van der Waals surface area contributed by atoms with E-state index in [-0.39, 0.29) is 0 Å². The zero-order chi connectivity index (χ0) is 48.1. The molecule has 12 nitrogen and oxygen atoms in total. The van der Waals surface area contributed by atoms with E-state index in [9.17, 15) is 0 Å². The Labute approximate surface area is 416 Å². The van der Waals surface area contributed by atoms with E-state index in [1.54, 1.807) is 0 Å². The maximum atomic E-state index is 5.02. The minimum Gasteiger partial charge on any atom is -0.340 e. The lowest BCUT2D eigenvalue weighted by Crippen LogP contribution is -2.09. The molecule has 0 aliphatic rings. The second-order valence-electron chi connectivity index (χ2n) is 18.5. The predicted molar refractivity (Wildman–Crippen MR) is 296 cm³/mol. The topological polar surface area (TPSA) is 124 Å². The molecule has 0 amide bonds. The summed E-state index contributed by atoms with van der Waals surface area (Å²) in [5, 5.41) is 41.5. The van der Waals surface area contributed by atoms with Crippen LogP contribution in [-0.2, 0) is 13.1 Å². The second kappa shape index (κ2) is 20.2. The summed E-state index contributed by atoms with van der Waals surface area (Å²) in [6, 6.07) is 63.5. The molecular formula is C60H54N12. The van der Waals surface area contributed by atoms with Crippen molar-refractivity contribution in [3.63, 3.8) is 0 Å². The lowest BCUT2D eigenvalue weighted by molar-refractivity contribution is 0.536. The number of anilines is 4. The molecule has 354 valence electrons. The summed E-state index contributed by atoms with van der Waals surface area (Å²) in [5.41, 5.74) is 14.2. The van der Waals surface area contributed by atoms with E-state index >= 15 is 0 Å². The summed E-state index contributed by atoms with van der Waals surface area (Å²) in [6.45, 7) is 2.01. The highest BCUT2D eigenvalue weighted by Crippen LogP contribution is 2.34. The summed E-state index contributed by atoms with van der Waals surface area (Å²) in [6.07, 6.45) is 13.8. The first kappa shape index (κ1) is 44.3. The van der Waals surface area contributed by atoms with Gasteiger partial charge in [0.05, 0.1) is 35.2 Å². The van der Waals surface area contributed by atoms with E-state index in [4.69, 9.17) is 10.2 Å². The predicted octanol–water partition coefficient (Wildman–Crippen LogP) is 14.6. The zero-order valence-corrected chi connectivity index (χ0v) is 40.0. The van der Waals surface area contributed by atoms with Crippen LogP contribution in [0, 0.1) is 0 Å². The number of hydrogen-bond acceptors (Lipinski definition) is 8. The number of aromatic amines is 2. The van der Waals surface area contributed by atoms with Crippen molar-refractivity contribution in [2.24, 2.45) is 10.2 Å². The maximum absolute atomic E-state index is 5.02. The van der Waals surface area contributed by atoms with E-state index in [2.05, 4.69) is 149 Å². The third-order valence-electron chi connectivity index (χ3n) is 13.8. The van der Waals surface area contributed by atoms with Gasteiger partial charge in [0.2, 0.25) is 0 Å². The van der Waals surface area contributed by atoms with Crippen LogP contribution in [0.3, 0.4) is 0 Å². The van der Waals surface area contributed by atoms with Crippen LogP contribution >= 0.6 is 0 Å². The second-order valence-corrected chi connectivity index (χ2v) is 18.5. The first-order valence-electron chi connectivity index (χ1n) is 25.1. The van der Waals surface area contributed by atoms with Crippen molar-refractivity contribution in [2.75, 3.05) is 10.0 Å². The highest BCUT2D eigenvalue weighted by Gasteiger charge is 2.15. The normalized spacial score (nSPS) is 12.1. The molecule has 12 rings (SSSR count). The summed E-state index contributed by atoms with van der Waals surface area (Å²) in [5.74, 6) is 0. The van der Waals surface area contributed by atoms with Crippen molar-refractivity contribution in [1.82, 2.24) is 40.0 Å². The van der Waals surface area contributed by atoms with Crippen molar-refractivity contribution in [3.8, 4) is 0 Å². The molecular weight excluding hydrogens is 889 g/mol. The Morgan fingerprint density at radius 3 is 1.19 bits per heavy atom. The van der Waals surface area contributed by atoms with Crippen molar-refractivity contribution < 1.29 is 0 Å². The van der Waals surface area contributed by atoms with Crippen molar-refractivity contribution >= 4 is 101 Å². The van der Waals surface area contributed by atoms with Gasteiger partial charge in [0, 0.05) is 56.7 Å². The van der Waals surface area contributed by atoms with Gasteiger partial charge in [-0.15, -0.1) is 0 Å². The third-order valence-corrected chi connectivity index (χ3v) is 13.8. The lowest BCUT2D eigenvalue weighted by Gasteiger charge is -2.19. The summed E-state index contributed by atoms with van der Waals surface area (Å²) < 4.78 is 5.03. The van der Waals surface area contributed by atoms with Crippen LogP contribution in [0.2, 0.25) is 0 Å². The molecule has 0 aliphatic heterocycles. The van der Waals surface area contributed by atoms with Crippen LogP contribution in [0.1, 0.15) is 62.5 Å². The molecule has 12 heteroatoms. The monoisotopic (exact) mass is 942 g/mol. The number of aryl methyl sites for hydroxylation is 2. The van der Waals surface area contributed by atoms with Crippen LogP contribution in [0.4, 0.5) is 22.7 Å². The SMILES string of the molecule is C(=N\N(c1ccccc1)c1ccc2n[nH]nc2c1)/c1ccc2c(c1)c1ccccc1n2CCCCCCCCCCn1c2ccccc2c2cc(/C=N/N(c3ccccc3)c3ccc4n[nH]nc4c3)ccc21. The number of nitrogens with zero attached hydrogens (tertiary/aromatic N) is 10. The number of fused-ring (bicyclic) bond motifs is 8. The minimum absolute atomic E-state index is 0.798. The van der Waals surface area contributed by atoms with Crippen LogP contribution in [0.15, 0.2) is 192 Å². The molecule has 0 radical (unpaired) electrons. The number of nitrogens with one attached hydrogen (secondary N) is 2. The Morgan fingerprint density at radius 2 is 0.736 bits per heavy atom. The molecule has 2 N–H and O–H groups in total. The quantitative estimate of drug-likeness (QED) is 0.0473. The number of unbranched alkanes of at least 4 members (excludes halogenated alkanes) is 7. The number of H-pyrrole nitrogens is 2. The minimum atomic E-state index is 0.798. The average molecular weight is 943 g/mol. The lowest BCUT2D eigenvalue weighted by atomic mass is 10.1. The van der Waals surface area contributed by atoms with Crippen molar-refractivity contribution in [2.45, 2.75) is 64.5 Å². The van der Waals surface area contributed by atoms with Gasteiger partial charge in [-0.1, -0.05) is 123 Å². The molecule has 12 aromatic rings. The fourth-order valence-corrected chi connectivity index (χ4v) is 10.3. The number of para-hydroxylation sites is 4. The molecule has 0 spiro atoms. The van der Waals surface area contributed by atoms with Crippen LogP contribution < -0.4 is 10.0 Å². The first-order valence-corrected chi connectivity index (χ1v) is 25.1. The molecule has 8 aromatic carbocycles. The van der Waals surface area contributed by atoms with Gasteiger partial charge < -0.3 is 9.13 Å². The van der Waals surface area contributed by atoms with Gasteiger partial charge in [-0.05, 0) is 121 Å². The summed E-state index contributed by atoms with van der Waals surface area (Å²) in [4.78, 5) is 0. The molecule has 0 atom stereocenters. The van der Waals surface area contributed by atoms with E-state index in [1.807, 2.05) is 95.2 Å². The van der Waals surface area contributed by atoms with Gasteiger partial charge in [-0.3, -0.25) is 0 Å². The first-order chi connectivity index (χ1) is 35.7. The Hall–Kier alpha value is -8.90. The van der Waals surface area contributed by atoms with Gasteiger partial charge in [0.1, 0.15) is 22.1 Å². The van der Waals surface area contributed by atoms with Gasteiger partial charge in [-0.2, -0.15) is 41.0 Å². The molecule has 0 saturated heterocycles. The van der Waals surface area contributed by atoms with E-state index in [0.717, 1.165) is 81.9 Å². The van der Waals surface area contributed by atoms with Crippen LogP contribution in [-0.4, -0.2) is 52.4 Å². The molecule has 0 saturated carbocycles. The number of aromatic nitrogens is 8. The molecule has 0 unspecified atom stereocenters. The third kappa shape index (κ3) is 9.06. The largest absolute Gasteiger partial charge is 0.340 e.